The van der Waals surface area contributed by atoms with Gasteiger partial charge in [-0.15, -0.1) is 12.4 Å². The summed E-state index contributed by atoms with van der Waals surface area (Å²) in [6.45, 7) is 7.77. The van der Waals surface area contributed by atoms with Gasteiger partial charge in [0.15, 0.2) is 0 Å². The molecule has 0 spiro atoms. The van der Waals surface area contributed by atoms with E-state index in [1.807, 2.05) is 35.4 Å². The molecule has 0 aromatic rings. The molecular formula is C15H28ClN3O2S. The van der Waals surface area contributed by atoms with Gasteiger partial charge in [0.2, 0.25) is 11.8 Å². The average molecular weight is 350 g/mol. The Morgan fingerprint density at radius 3 is 2.50 bits per heavy atom. The van der Waals surface area contributed by atoms with Crippen LogP contribution < -0.4 is 5.32 Å². The molecule has 7 heteroatoms. The summed E-state index contributed by atoms with van der Waals surface area (Å²) < 4.78 is 0. The van der Waals surface area contributed by atoms with Crippen LogP contribution in [0.15, 0.2) is 0 Å². The lowest BCUT2D eigenvalue weighted by Crippen LogP contribution is -2.44. The first kappa shape index (κ1) is 19.6. The van der Waals surface area contributed by atoms with Crippen molar-refractivity contribution in [2.75, 3.05) is 44.2 Å². The van der Waals surface area contributed by atoms with Gasteiger partial charge in [0.25, 0.3) is 0 Å². The molecule has 1 atom stereocenters. The van der Waals surface area contributed by atoms with Crippen LogP contribution >= 0.6 is 24.2 Å². The van der Waals surface area contributed by atoms with Gasteiger partial charge >= 0.3 is 0 Å². The van der Waals surface area contributed by atoms with Crippen molar-refractivity contribution in [1.82, 2.24) is 15.1 Å². The van der Waals surface area contributed by atoms with Crippen LogP contribution in [-0.4, -0.2) is 71.9 Å². The zero-order valence-electron chi connectivity index (χ0n) is 13.5. The highest BCUT2D eigenvalue weighted by Crippen LogP contribution is 2.13. The molecule has 1 N–H and O–H groups in total. The van der Waals surface area contributed by atoms with Crippen LogP contribution in [0.25, 0.3) is 0 Å². The molecule has 0 saturated carbocycles. The molecule has 2 aliphatic rings. The lowest BCUT2D eigenvalue weighted by atomic mass is 10.2. The summed E-state index contributed by atoms with van der Waals surface area (Å²) in [5.41, 5.74) is 0. The number of hydrogen-bond donors (Lipinski definition) is 1. The molecule has 2 saturated heterocycles. The van der Waals surface area contributed by atoms with Crippen molar-refractivity contribution in [1.29, 1.82) is 0 Å². The van der Waals surface area contributed by atoms with E-state index in [4.69, 9.17) is 0 Å². The first-order chi connectivity index (χ1) is 10.1. The zero-order chi connectivity index (χ0) is 15.2. The molecule has 0 aliphatic carbocycles. The van der Waals surface area contributed by atoms with Gasteiger partial charge < -0.3 is 15.1 Å². The Bertz CT molecular complexity index is 376. The van der Waals surface area contributed by atoms with Crippen molar-refractivity contribution < 1.29 is 9.59 Å². The molecule has 0 bridgehead atoms. The van der Waals surface area contributed by atoms with Crippen LogP contribution in [0.3, 0.4) is 0 Å². The number of amides is 2. The molecule has 128 valence electrons. The fourth-order valence-corrected chi connectivity index (χ4v) is 3.79. The second kappa shape index (κ2) is 9.63. The molecule has 2 heterocycles. The van der Waals surface area contributed by atoms with Gasteiger partial charge in [0.1, 0.15) is 0 Å². The zero-order valence-corrected chi connectivity index (χ0v) is 15.2. The predicted octanol–water partition coefficient (Wildman–Crippen LogP) is 1.22. The Balaban J connectivity index is 0.00000242. The van der Waals surface area contributed by atoms with Crippen LogP contribution in [0.4, 0.5) is 0 Å². The Kier molecular flexibility index (Phi) is 8.57. The standard InChI is InChI=1S/C15H27N3O2S.ClH/c1-12(2)15(20)18-6-3-5-17(7-8-18)14(19)10-13-11-21-9-4-16-13;/h12-13,16H,3-11H2,1-2H3;1H. The lowest BCUT2D eigenvalue weighted by molar-refractivity contribution is -0.135. The van der Waals surface area contributed by atoms with Gasteiger partial charge in [-0.3, -0.25) is 9.59 Å². The second-order valence-corrected chi connectivity index (χ2v) is 7.29. The number of carbonyl (C=O) groups excluding carboxylic acids is 2. The molecule has 0 aromatic carbocycles. The van der Waals surface area contributed by atoms with Gasteiger partial charge in [-0.1, -0.05) is 13.8 Å². The summed E-state index contributed by atoms with van der Waals surface area (Å²) in [5.74, 6) is 2.64. The highest BCUT2D eigenvalue weighted by molar-refractivity contribution is 7.99. The molecule has 0 radical (unpaired) electrons. The highest BCUT2D eigenvalue weighted by atomic mass is 35.5. The van der Waals surface area contributed by atoms with Crippen LogP contribution in [0, 0.1) is 5.92 Å². The molecule has 2 amide bonds. The van der Waals surface area contributed by atoms with E-state index in [2.05, 4.69) is 5.32 Å². The molecule has 1 unspecified atom stereocenters. The van der Waals surface area contributed by atoms with Crippen molar-refractivity contribution in [3.05, 3.63) is 0 Å². The van der Waals surface area contributed by atoms with Crippen LogP contribution in [0.2, 0.25) is 0 Å². The number of nitrogens with one attached hydrogen (secondary N) is 1. The average Bonchev–Trinajstić information content (AvgIpc) is 2.73. The fourth-order valence-electron chi connectivity index (χ4n) is 2.84. The third-order valence-electron chi connectivity index (χ3n) is 4.07. The second-order valence-electron chi connectivity index (χ2n) is 6.14. The largest absolute Gasteiger partial charge is 0.341 e. The Hall–Kier alpha value is -0.460. The smallest absolute Gasteiger partial charge is 0.225 e. The maximum atomic E-state index is 12.4. The van der Waals surface area contributed by atoms with Gasteiger partial charge in [-0.25, -0.2) is 0 Å². The monoisotopic (exact) mass is 349 g/mol. The van der Waals surface area contributed by atoms with Crippen LogP contribution in [0.1, 0.15) is 26.7 Å². The third-order valence-corrected chi connectivity index (χ3v) is 5.20. The van der Waals surface area contributed by atoms with E-state index < -0.39 is 0 Å². The number of rotatable bonds is 3. The van der Waals surface area contributed by atoms with Gasteiger partial charge in [-0.05, 0) is 6.42 Å². The van der Waals surface area contributed by atoms with Crippen LogP contribution in [-0.2, 0) is 9.59 Å². The Morgan fingerprint density at radius 2 is 1.86 bits per heavy atom. The van der Waals surface area contributed by atoms with Gasteiger partial charge in [-0.2, -0.15) is 11.8 Å². The van der Waals surface area contributed by atoms with E-state index in [0.29, 0.717) is 25.6 Å². The number of thioether (sulfide) groups is 1. The summed E-state index contributed by atoms with van der Waals surface area (Å²) in [6, 6.07) is 0.313. The summed E-state index contributed by atoms with van der Waals surface area (Å²) in [4.78, 5) is 28.3. The minimum Gasteiger partial charge on any atom is -0.341 e. The third kappa shape index (κ3) is 5.63. The van der Waals surface area contributed by atoms with Gasteiger partial charge in [0, 0.05) is 62.6 Å². The van der Waals surface area contributed by atoms with E-state index in [1.54, 1.807) is 0 Å². The normalized spacial score (nSPS) is 23.0. The minimum atomic E-state index is 0. The topological polar surface area (TPSA) is 52.7 Å². The molecule has 0 aromatic heterocycles. The van der Waals surface area contributed by atoms with Crippen molar-refractivity contribution in [3.63, 3.8) is 0 Å². The minimum absolute atomic E-state index is 0. The Labute approximate surface area is 144 Å². The maximum Gasteiger partial charge on any atom is 0.225 e. The maximum absolute atomic E-state index is 12.4. The summed E-state index contributed by atoms with van der Waals surface area (Å²) in [7, 11) is 0. The van der Waals surface area contributed by atoms with Crippen molar-refractivity contribution >= 4 is 36.0 Å². The lowest BCUT2D eigenvalue weighted by Gasteiger charge is -2.27. The molecule has 2 rings (SSSR count). The summed E-state index contributed by atoms with van der Waals surface area (Å²) in [5, 5.41) is 3.41. The van der Waals surface area contributed by atoms with Crippen molar-refractivity contribution in [3.8, 4) is 0 Å². The van der Waals surface area contributed by atoms with E-state index in [0.717, 1.165) is 37.6 Å². The quantitative estimate of drug-likeness (QED) is 0.832. The van der Waals surface area contributed by atoms with Crippen LogP contribution in [0.5, 0.6) is 0 Å². The van der Waals surface area contributed by atoms with E-state index in [1.165, 1.54) is 0 Å². The van der Waals surface area contributed by atoms with E-state index in [9.17, 15) is 9.59 Å². The molecule has 22 heavy (non-hydrogen) atoms. The number of carbonyl (C=O) groups is 2. The first-order valence-electron chi connectivity index (χ1n) is 7.95. The predicted molar refractivity (Wildman–Crippen MR) is 93.6 cm³/mol. The van der Waals surface area contributed by atoms with E-state index >= 15 is 0 Å². The van der Waals surface area contributed by atoms with Crippen molar-refractivity contribution in [2.24, 2.45) is 5.92 Å². The van der Waals surface area contributed by atoms with Crippen molar-refractivity contribution in [2.45, 2.75) is 32.7 Å². The molecule has 5 nitrogen and oxygen atoms in total. The Morgan fingerprint density at radius 1 is 1.18 bits per heavy atom. The SMILES string of the molecule is CC(C)C(=O)N1CCCN(C(=O)CC2CSCCN2)CC1.Cl. The number of nitrogens with zero attached hydrogens (tertiary/aromatic N) is 2. The highest BCUT2D eigenvalue weighted by Gasteiger charge is 2.25. The molecule has 2 aliphatic heterocycles. The summed E-state index contributed by atoms with van der Waals surface area (Å²) in [6.07, 6.45) is 1.47. The summed E-state index contributed by atoms with van der Waals surface area (Å²) >= 11 is 1.92. The van der Waals surface area contributed by atoms with E-state index in [-0.39, 0.29) is 30.1 Å². The number of hydrogen-bond acceptors (Lipinski definition) is 4. The fraction of sp³-hybridized carbons (Fsp3) is 0.867. The molecule has 2 fully saturated rings. The molecular weight excluding hydrogens is 322 g/mol. The first-order valence-corrected chi connectivity index (χ1v) is 9.11. The number of halogens is 1. The van der Waals surface area contributed by atoms with Gasteiger partial charge in [0.05, 0.1) is 0 Å².